The number of aryl methyl sites for hydroxylation is 2. The number of furan rings is 1. The van der Waals surface area contributed by atoms with Gasteiger partial charge < -0.3 is 20.2 Å². The Balaban J connectivity index is 1.77. The summed E-state index contributed by atoms with van der Waals surface area (Å²) in [6.45, 7) is 3.56. The van der Waals surface area contributed by atoms with E-state index in [4.69, 9.17) is 9.52 Å². The number of anilines is 1. The summed E-state index contributed by atoms with van der Waals surface area (Å²) in [5, 5.41) is 14.7. The molecule has 2 amide bonds. The number of carboxylic acids is 1. The summed E-state index contributed by atoms with van der Waals surface area (Å²) in [4.78, 5) is 35.0. The number of carbonyl (C=O) groups is 3. The van der Waals surface area contributed by atoms with E-state index in [0.29, 0.717) is 18.4 Å². The van der Waals surface area contributed by atoms with Gasteiger partial charge in [0.2, 0.25) is 5.91 Å². The van der Waals surface area contributed by atoms with Gasteiger partial charge in [0, 0.05) is 17.7 Å². The Morgan fingerprint density at radius 3 is 2.85 bits per heavy atom. The number of fused-ring (bicyclic) bond motifs is 1. The standard InChI is InChI=1S/C19H20N2O5/c1-10-9-26-15(8-17(23)24)18(10)19(25)20-11(2)12-3-5-14-13(7-12)4-6-16(22)21-14/h3,5,7,9,11H,4,6,8H2,1-2H3,(H,20,25)(H,21,22)(H,23,24). The van der Waals surface area contributed by atoms with Crippen LogP contribution in [0.4, 0.5) is 5.69 Å². The highest BCUT2D eigenvalue weighted by molar-refractivity contribution is 5.97. The molecule has 1 unspecified atom stereocenters. The smallest absolute Gasteiger partial charge is 0.311 e. The minimum absolute atomic E-state index is 0.00740. The molecular formula is C19H20N2O5. The van der Waals surface area contributed by atoms with Gasteiger partial charge in [-0.25, -0.2) is 0 Å². The SMILES string of the molecule is Cc1coc(CC(=O)O)c1C(=O)NC(C)c1ccc2c(c1)CCC(=O)N2. The lowest BCUT2D eigenvalue weighted by Crippen LogP contribution is -2.28. The molecule has 0 saturated carbocycles. The van der Waals surface area contributed by atoms with Gasteiger partial charge in [0.15, 0.2) is 0 Å². The van der Waals surface area contributed by atoms with Gasteiger partial charge in [0.1, 0.15) is 12.2 Å². The number of hydrogen-bond donors (Lipinski definition) is 3. The van der Waals surface area contributed by atoms with Crippen molar-refractivity contribution in [3.8, 4) is 0 Å². The van der Waals surface area contributed by atoms with Gasteiger partial charge >= 0.3 is 5.97 Å². The highest BCUT2D eigenvalue weighted by Gasteiger charge is 2.23. The number of carboxylic acid groups (broad SMARTS) is 1. The van der Waals surface area contributed by atoms with Gasteiger partial charge in [-0.05, 0) is 37.5 Å². The third-order valence-corrected chi connectivity index (χ3v) is 4.46. The maximum Gasteiger partial charge on any atom is 0.311 e. The Morgan fingerprint density at radius 2 is 2.12 bits per heavy atom. The van der Waals surface area contributed by atoms with Crippen molar-refractivity contribution in [3.63, 3.8) is 0 Å². The Bertz CT molecular complexity index is 884. The summed E-state index contributed by atoms with van der Waals surface area (Å²) in [7, 11) is 0. The fourth-order valence-electron chi connectivity index (χ4n) is 3.10. The van der Waals surface area contributed by atoms with Crippen molar-refractivity contribution in [1.82, 2.24) is 5.32 Å². The lowest BCUT2D eigenvalue weighted by molar-refractivity contribution is -0.136. The minimum atomic E-state index is -1.06. The van der Waals surface area contributed by atoms with Gasteiger partial charge in [-0.15, -0.1) is 0 Å². The second kappa shape index (κ2) is 7.03. The number of carbonyl (C=O) groups excluding carboxylic acids is 2. The molecule has 0 saturated heterocycles. The first-order chi connectivity index (χ1) is 12.3. The largest absolute Gasteiger partial charge is 0.481 e. The normalized spacial score (nSPS) is 14.3. The van der Waals surface area contributed by atoms with Crippen LogP contribution in [0.1, 0.15) is 52.2 Å². The fraction of sp³-hybridized carbons (Fsp3) is 0.316. The molecule has 0 bridgehead atoms. The molecule has 3 rings (SSSR count). The molecule has 1 atom stereocenters. The van der Waals surface area contributed by atoms with Gasteiger partial charge in [0.25, 0.3) is 5.91 Å². The van der Waals surface area contributed by atoms with Crippen LogP contribution in [0.15, 0.2) is 28.9 Å². The molecule has 0 fully saturated rings. The summed E-state index contributed by atoms with van der Waals surface area (Å²) < 4.78 is 5.22. The van der Waals surface area contributed by atoms with E-state index >= 15 is 0 Å². The molecule has 1 aliphatic rings. The summed E-state index contributed by atoms with van der Waals surface area (Å²) >= 11 is 0. The molecule has 1 aliphatic heterocycles. The third kappa shape index (κ3) is 3.61. The summed E-state index contributed by atoms with van der Waals surface area (Å²) in [6, 6.07) is 5.39. The van der Waals surface area contributed by atoms with E-state index in [-0.39, 0.29) is 35.6 Å². The van der Waals surface area contributed by atoms with Crippen LogP contribution in [0, 0.1) is 6.92 Å². The van der Waals surface area contributed by atoms with Crippen molar-refractivity contribution < 1.29 is 23.9 Å². The van der Waals surface area contributed by atoms with Crippen molar-refractivity contribution in [1.29, 1.82) is 0 Å². The number of hydrogen-bond acceptors (Lipinski definition) is 4. The Kier molecular flexibility index (Phi) is 4.79. The first-order valence-electron chi connectivity index (χ1n) is 8.37. The topological polar surface area (TPSA) is 109 Å². The van der Waals surface area contributed by atoms with Crippen molar-refractivity contribution in [3.05, 3.63) is 52.5 Å². The summed E-state index contributed by atoms with van der Waals surface area (Å²) in [6.07, 6.45) is 2.16. The molecular weight excluding hydrogens is 336 g/mol. The average molecular weight is 356 g/mol. The molecule has 0 radical (unpaired) electrons. The lowest BCUT2D eigenvalue weighted by Gasteiger charge is -2.20. The second-order valence-corrected chi connectivity index (χ2v) is 6.45. The van der Waals surface area contributed by atoms with Gasteiger partial charge in [0.05, 0.1) is 17.9 Å². The lowest BCUT2D eigenvalue weighted by atomic mass is 9.97. The van der Waals surface area contributed by atoms with Crippen molar-refractivity contribution in [2.24, 2.45) is 0 Å². The monoisotopic (exact) mass is 356 g/mol. The van der Waals surface area contributed by atoms with E-state index in [1.165, 1.54) is 6.26 Å². The van der Waals surface area contributed by atoms with Crippen LogP contribution in [0.3, 0.4) is 0 Å². The number of amides is 2. The molecule has 2 aromatic rings. The molecule has 136 valence electrons. The van der Waals surface area contributed by atoms with Crippen LogP contribution in [-0.2, 0) is 22.4 Å². The van der Waals surface area contributed by atoms with E-state index in [2.05, 4.69) is 10.6 Å². The zero-order valence-electron chi connectivity index (χ0n) is 14.6. The first-order valence-corrected chi connectivity index (χ1v) is 8.37. The number of aliphatic carboxylic acids is 1. The van der Waals surface area contributed by atoms with Crippen LogP contribution in [0.2, 0.25) is 0 Å². The molecule has 2 heterocycles. The summed E-state index contributed by atoms with van der Waals surface area (Å²) in [5.74, 6) is -1.27. The number of nitrogens with one attached hydrogen (secondary N) is 2. The van der Waals surface area contributed by atoms with Crippen molar-refractivity contribution in [2.45, 2.75) is 39.2 Å². The molecule has 7 nitrogen and oxygen atoms in total. The quantitative estimate of drug-likeness (QED) is 0.763. The van der Waals surface area contributed by atoms with Gasteiger partial charge in [-0.1, -0.05) is 12.1 Å². The van der Waals surface area contributed by atoms with E-state index < -0.39 is 5.97 Å². The minimum Gasteiger partial charge on any atom is -0.481 e. The Labute approximate surface area is 150 Å². The van der Waals surface area contributed by atoms with E-state index in [1.54, 1.807) is 6.92 Å². The molecule has 7 heteroatoms. The van der Waals surface area contributed by atoms with E-state index in [0.717, 1.165) is 16.8 Å². The van der Waals surface area contributed by atoms with E-state index in [1.807, 2.05) is 25.1 Å². The van der Waals surface area contributed by atoms with Crippen molar-refractivity contribution in [2.75, 3.05) is 5.32 Å². The molecule has 1 aromatic carbocycles. The predicted molar refractivity (Wildman–Crippen MR) is 94.1 cm³/mol. The van der Waals surface area contributed by atoms with Crippen LogP contribution in [-0.4, -0.2) is 22.9 Å². The van der Waals surface area contributed by atoms with Crippen LogP contribution < -0.4 is 10.6 Å². The molecule has 0 spiro atoms. The van der Waals surface area contributed by atoms with Crippen LogP contribution in [0.25, 0.3) is 0 Å². The second-order valence-electron chi connectivity index (χ2n) is 6.45. The van der Waals surface area contributed by atoms with E-state index in [9.17, 15) is 14.4 Å². The number of rotatable bonds is 5. The maximum absolute atomic E-state index is 12.6. The fourth-order valence-corrected chi connectivity index (χ4v) is 3.10. The number of benzene rings is 1. The van der Waals surface area contributed by atoms with Crippen molar-refractivity contribution >= 4 is 23.5 Å². The Hall–Kier alpha value is -3.09. The molecule has 3 N–H and O–H groups in total. The molecule has 1 aromatic heterocycles. The summed E-state index contributed by atoms with van der Waals surface area (Å²) in [5.41, 5.74) is 3.62. The molecule has 26 heavy (non-hydrogen) atoms. The predicted octanol–water partition coefficient (Wildman–Crippen LogP) is 2.59. The molecule has 0 aliphatic carbocycles. The van der Waals surface area contributed by atoms with Gasteiger partial charge in [-0.3, -0.25) is 14.4 Å². The third-order valence-electron chi connectivity index (χ3n) is 4.46. The highest BCUT2D eigenvalue weighted by Crippen LogP contribution is 2.26. The first kappa shape index (κ1) is 17.7. The average Bonchev–Trinajstić information content (AvgIpc) is 2.93. The maximum atomic E-state index is 12.6. The Morgan fingerprint density at radius 1 is 1.35 bits per heavy atom. The van der Waals surface area contributed by atoms with Gasteiger partial charge in [-0.2, -0.15) is 0 Å². The zero-order chi connectivity index (χ0) is 18.8. The zero-order valence-corrected chi connectivity index (χ0v) is 14.6. The van der Waals surface area contributed by atoms with Crippen LogP contribution >= 0.6 is 0 Å². The van der Waals surface area contributed by atoms with Crippen LogP contribution in [0.5, 0.6) is 0 Å². The highest BCUT2D eigenvalue weighted by atomic mass is 16.4.